The van der Waals surface area contributed by atoms with Crippen molar-refractivity contribution < 1.29 is 9.53 Å². The number of hydrogen-bond donors (Lipinski definition) is 1. The minimum Gasteiger partial charge on any atom is -0.453 e. The third-order valence-corrected chi connectivity index (χ3v) is 4.71. The van der Waals surface area contributed by atoms with Crippen molar-refractivity contribution >= 4 is 38.6 Å². The molecule has 0 aromatic carbocycles. The quantitative estimate of drug-likeness (QED) is 0.915. The molecule has 3 heterocycles. The Bertz CT molecular complexity index is 738. The van der Waals surface area contributed by atoms with Gasteiger partial charge in [0.05, 0.1) is 29.3 Å². The maximum atomic E-state index is 11.4. The first-order chi connectivity index (χ1) is 10.7. The number of anilines is 2. The number of nitrogens with one attached hydrogen (secondary N) is 1. The number of rotatable bonds is 2. The zero-order chi connectivity index (χ0) is 15.5. The van der Waals surface area contributed by atoms with Crippen molar-refractivity contribution in [2.24, 2.45) is 5.92 Å². The average molecular weight is 317 g/mol. The van der Waals surface area contributed by atoms with Crippen LogP contribution in [0.2, 0.25) is 0 Å². The van der Waals surface area contributed by atoms with Gasteiger partial charge in [-0.05, 0) is 18.9 Å². The number of nitrogens with zero attached hydrogens (tertiary/aromatic N) is 4. The SMILES string of the molecule is COC(=O)Nc1nccc2nc(N3CCC[C@H](C#N)C3)sc12. The molecule has 0 radical (unpaired) electrons. The van der Waals surface area contributed by atoms with Crippen molar-refractivity contribution in [1.29, 1.82) is 5.26 Å². The maximum Gasteiger partial charge on any atom is 0.412 e. The smallest absolute Gasteiger partial charge is 0.412 e. The van der Waals surface area contributed by atoms with Crippen LogP contribution in [0, 0.1) is 17.2 Å². The lowest BCUT2D eigenvalue weighted by Crippen LogP contribution is -2.34. The van der Waals surface area contributed by atoms with E-state index in [4.69, 9.17) is 5.26 Å². The first-order valence-corrected chi connectivity index (χ1v) is 7.78. The number of aromatic nitrogens is 2. The third-order valence-electron chi connectivity index (χ3n) is 3.57. The van der Waals surface area contributed by atoms with Gasteiger partial charge >= 0.3 is 6.09 Å². The van der Waals surface area contributed by atoms with Crippen LogP contribution in [0.5, 0.6) is 0 Å². The van der Waals surface area contributed by atoms with Crippen LogP contribution in [-0.4, -0.2) is 36.3 Å². The number of methoxy groups -OCH3 is 1. The van der Waals surface area contributed by atoms with Gasteiger partial charge in [-0.1, -0.05) is 11.3 Å². The molecule has 0 spiro atoms. The molecule has 3 rings (SSSR count). The van der Waals surface area contributed by atoms with Gasteiger partial charge in [-0.3, -0.25) is 5.32 Å². The van der Waals surface area contributed by atoms with E-state index < -0.39 is 6.09 Å². The van der Waals surface area contributed by atoms with Crippen LogP contribution in [-0.2, 0) is 4.74 Å². The Balaban J connectivity index is 1.91. The molecule has 1 atom stereocenters. The molecular weight excluding hydrogens is 302 g/mol. The van der Waals surface area contributed by atoms with Crippen LogP contribution in [0.25, 0.3) is 10.2 Å². The van der Waals surface area contributed by atoms with Crippen LogP contribution in [0.4, 0.5) is 15.7 Å². The van der Waals surface area contributed by atoms with Gasteiger partial charge in [-0.2, -0.15) is 5.26 Å². The van der Waals surface area contributed by atoms with E-state index in [0.29, 0.717) is 12.4 Å². The van der Waals surface area contributed by atoms with Crippen molar-refractivity contribution in [3.63, 3.8) is 0 Å². The van der Waals surface area contributed by atoms with Gasteiger partial charge in [0.25, 0.3) is 0 Å². The second kappa shape index (κ2) is 6.15. The van der Waals surface area contributed by atoms with Gasteiger partial charge in [0, 0.05) is 19.3 Å². The monoisotopic (exact) mass is 317 g/mol. The molecule has 0 aliphatic carbocycles. The fraction of sp³-hybridized carbons (Fsp3) is 0.429. The lowest BCUT2D eigenvalue weighted by Gasteiger charge is -2.28. The Hall–Kier alpha value is -2.40. The molecule has 114 valence electrons. The molecule has 2 aromatic heterocycles. The largest absolute Gasteiger partial charge is 0.453 e. The number of amides is 1. The molecule has 2 aromatic rings. The molecule has 22 heavy (non-hydrogen) atoms. The van der Waals surface area contributed by atoms with E-state index >= 15 is 0 Å². The van der Waals surface area contributed by atoms with Gasteiger partial charge in [0.1, 0.15) is 0 Å². The Morgan fingerprint density at radius 1 is 1.64 bits per heavy atom. The molecule has 1 fully saturated rings. The van der Waals surface area contributed by atoms with Crippen LogP contribution >= 0.6 is 11.3 Å². The lowest BCUT2D eigenvalue weighted by atomic mass is 10.0. The number of nitriles is 1. The van der Waals surface area contributed by atoms with Crippen LogP contribution in [0.3, 0.4) is 0 Å². The summed E-state index contributed by atoms with van der Waals surface area (Å²) in [5.41, 5.74) is 0.778. The van der Waals surface area contributed by atoms with E-state index in [0.717, 1.165) is 34.7 Å². The van der Waals surface area contributed by atoms with Crippen LogP contribution in [0.1, 0.15) is 12.8 Å². The van der Waals surface area contributed by atoms with E-state index in [1.165, 1.54) is 18.4 Å². The zero-order valence-electron chi connectivity index (χ0n) is 12.1. The van der Waals surface area contributed by atoms with Crippen molar-refractivity contribution in [3.8, 4) is 6.07 Å². The van der Waals surface area contributed by atoms with Crippen molar-refractivity contribution in [3.05, 3.63) is 12.3 Å². The standard InChI is InChI=1S/C14H15N5O2S/c1-21-14(20)18-12-11-10(4-5-16-12)17-13(22-11)19-6-2-3-9(7-15)8-19/h4-5,9H,2-3,6,8H2,1H3,(H,16,18,20)/t9-/m1/s1. The highest BCUT2D eigenvalue weighted by atomic mass is 32.1. The van der Waals surface area contributed by atoms with Crippen molar-refractivity contribution in [2.45, 2.75) is 12.8 Å². The average Bonchev–Trinajstić information content (AvgIpc) is 3.00. The van der Waals surface area contributed by atoms with Gasteiger partial charge < -0.3 is 9.64 Å². The van der Waals surface area contributed by atoms with E-state index in [-0.39, 0.29) is 5.92 Å². The fourth-order valence-electron chi connectivity index (χ4n) is 2.47. The molecule has 1 aliphatic rings. The maximum absolute atomic E-state index is 11.4. The highest BCUT2D eigenvalue weighted by Crippen LogP contribution is 2.34. The Morgan fingerprint density at radius 3 is 3.27 bits per heavy atom. The van der Waals surface area contributed by atoms with E-state index in [1.54, 1.807) is 6.20 Å². The van der Waals surface area contributed by atoms with Gasteiger partial charge in [-0.25, -0.2) is 14.8 Å². The molecular formula is C14H15N5O2S. The number of thiazole rings is 1. The minimum absolute atomic E-state index is 0.0477. The summed E-state index contributed by atoms with van der Waals surface area (Å²) in [5.74, 6) is 0.494. The Kier molecular flexibility index (Phi) is 4.06. The summed E-state index contributed by atoms with van der Waals surface area (Å²) in [6.45, 7) is 1.59. The van der Waals surface area contributed by atoms with E-state index in [9.17, 15) is 4.79 Å². The number of carbonyl (C=O) groups excluding carboxylic acids is 1. The van der Waals surface area contributed by atoms with Gasteiger partial charge in [0.2, 0.25) is 0 Å². The first-order valence-electron chi connectivity index (χ1n) is 6.96. The Labute approximate surface area is 131 Å². The van der Waals surface area contributed by atoms with Crippen molar-refractivity contribution in [1.82, 2.24) is 9.97 Å². The van der Waals surface area contributed by atoms with E-state index in [2.05, 4.69) is 31.0 Å². The topological polar surface area (TPSA) is 91.1 Å². The summed E-state index contributed by atoms with van der Waals surface area (Å²) < 4.78 is 5.41. The Morgan fingerprint density at radius 2 is 2.50 bits per heavy atom. The molecule has 0 bridgehead atoms. The van der Waals surface area contributed by atoms with Crippen molar-refractivity contribution in [2.75, 3.05) is 30.4 Å². The summed E-state index contributed by atoms with van der Waals surface area (Å²) in [7, 11) is 1.31. The molecule has 8 heteroatoms. The molecule has 0 saturated carbocycles. The second-order valence-corrected chi connectivity index (χ2v) is 6.01. The van der Waals surface area contributed by atoms with Crippen LogP contribution in [0.15, 0.2) is 12.3 Å². The summed E-state index contributed by atoms with van der Waals surface area (Å²) in [5, 5.41) is 12.6. The number of pyridine rings is 1. The molecule has 1 aliphatic heterocycles. The molecule has 1 saturated heterocycles. The van der Waals surface area contributed by atoms with Crippen LogP contribution < -0.4 is 10.2 Å². The predicted octanol–water partition coefficient (Wildman–Crippen LogP) is 2.61. The normalized spacial score (nSPS) is 18.0. The van der Waals surface area contributed by atoms with Gasteiger partial charge in [-0.15, -0.1) is 0 Å². The number of fused-ring (bicyclic) bond motifs is 1. The zero-order valence-corrected chi connectivity index (χ0v) is 12.9. The summed E-state index contributed by atoms with van der Waals surface area (Å²) in [6.07, 6.45) is 2.97. The number of carbonyl (C=O) groups is 1. The van der Waals surface area contributed by atoms with Gasteiger partial charge in [0.15, 0.2) is 10.9 Å². The number of ether oxygens (including phenoxy) is 1. The number of piperidine rings is 1. The summed E-state index contributed by atoms with van der Waals surface area (Å²) in [6, 6.07) is 4.14. The molecule has 1 amide bonds. The second-order valence-electron chi connectivity index (χ2n) is 5.04. The fourth-order valence-corrected chi connectivity index (χ4v) is 3.51. The molecule has 1 N–H and O–H groups in total. The first kappa shape index (κ1) is 14.5. The molecule has 0 unspecified atom stereocenters. The minimum atomic E-state index is -0.558. The van der Waals surface area contributed by atoms with E-state index in [1.807, 2.05) is 6.07 Å². The third kappa shape index (κ3) is 2.80. The molecule has 7 nitrogen and oxygen atoms in total. The highest BCUT2D eigenvalue weighted by molar-refractivity contribution is 7.22. The highest BCUT2D eigenvalue weighted by Gasteiger charge is 2.23. The predicted molar refractivity (Wildman–Crippen MR) is 84.0 cm³/mol. The lowest BCUT2D eigenvalue weighted by molar-refractivity contribution is 0.187. The summed E-state index contributed by atoms with van der Waals surface area (Å²) >= 11 is 1.47. The number of hydrogen-bond acceptors (Lipinski definition) is 7. The summed E-state index contributed by atoms with van der Waals surface area (Å²) in [4.78, 5) is 22.3.